The first-order chi connectivity index (χ1) is 16.4. The van der Waals surface area contributed by atoms with Crippen LogP contribution >= 0.6 is 0 Å². The van der Waals surface area contributed by atoms with Crippen molar-refractivity contribution < 1.29 is 14.3 Å². The summed E-state index contributed by atoms with van der Waals surface area (Å²) in [5, 5.41) is 0. The maximum Gasteiger partial charge on any atom is 0.254 e. The van der Waals surface area contributed by atoms with Crippen LogP contribution in [-0.2, 0) is 22.6 Å². The second-order valence-electron chi connectivity index (χ2n) is 8.82. The fourth-order valence-corrected chi connectivity index (χ4v) is 3.93. The van der Waals surface area contributed by atoms with E-state index in [4.69, 9.17) is 4.74 Å². The third-order valence-corrected chi connectivity index (χ3v) is 5.84. The Morgan fingerprint density at radius 3 is 2.44 bits per heavy atom. The third-order valence-electron chi connectivity index (χ3n) is 5.84. The van der Waals surface area contributed by atoms with Gasteiger partial charge in [0, 0.05) is 43.7 Å². The SMILES string of the molecule is COCCN(CC(=O)N(Cc1cccn1Cc1ccccc1)C(C)C)C(=O)c1cccc(C)c1. The first kappa shape index (κ1) is 25.2. The fourth-order valence-electron chi connectivity index (χ4n) is 3.93. The molecule has 0 bridgehead atoms. The second-order valence-corrected chi connectivity index (χ2v) is 8.82. The number of methoxy groups -OCH3 is 1. The van der Waals surface area contributed by atoms with Gasteiger partial charge in [-0.25, -0.2) is 0 Å². The van der Waals surface area contributed by atoms with Crippen molar-refractivity contribution in [3.8, 4) is 0 Å². The lowest BCUT2D eigenvalue weighted by molar-refractivity contribution is -0.134. The fraction of sp³-hybridized carbons (Fsp3) is 0.357. The topological polar surface area (TPSA) is 54.8 Å². The van der Waals surface area contributed by atoms with Gasteiger partial charge >= 0.3 is 0 Å². The lowest BCUT2D eigenvalue weighted by Crippen LogP contribution is -2.46. The number of carbonyl (C=O) groups is 2. The van der Waals surface area contributed by atoms with E-state index in [0.717, 1.165) is 17.8 Å². The molecule has 0 aliphatic carbocycles. The summed E-state index contributed by atoms with van der Waals surface area (Å²) in [5.74, 6) is -0.246. The Morgan fingerprint density at radius 2 is 1.76 bits per heavy atom. The van der Waals surface area contributed by atoms with Crippen LogP contribution in [0.1, 0.15) is 41.0 Å². The summed E-state index contributed by atoms with van der Waals surface area (Å²) >= 11 is 0. The predicted octanol–water partition coefficient (Wildman–Crippen LogP) is 4.37. The molecule has 180 valence electrons. The Balaban J connectivity index is 1.75. The maximum atomic E-state index is 13.4. The molecule has 2 aromatic carbocycles. The number of aromatic nitrogens is 1. The summed E-state index contributed by atoms with van der Waals surface area (Å²) in [6.45, 7) is 7.91. The second kappa shape index (κ2) is 12.2. The molecule has 0 N–H and O–H groups in total. The Bertz CT molecular complexity index is 1080. The molecule has 3 rings (SSSR count). The van der Waals surface area contributed by atoms with Gasteiger partial charge in [0.25, 0.3) is 5.91 Å². The predicted molar refractivity (Wildman–Crippen MR) is 135 cm³/mol. The zero-order chi connectivity index (χ0) is 24.5. The first-order valence-electron chi connectivity index (χ1n) is 11.7. The minimum absolute atomic E-state index is 0.00765. The Hall–Kier alpha value is -3.38. The molecule has 0 saturated carbocycles. The van der Waals surface area contributed by atoms with Gasteiger partial charge in [-0.2, -0.15) is 0 Å². The molecular formula is C28H35N3O3. The third kappa shape index (κ3) is 6.81. The van der Waals surface area contributed by atoms with E-state index in [9.17, 15) is 9.59 Å². The molecule has 0 radical (unpaired) electrons. The van der Waals surface area contributed by atoms with Crippen molar-refractivity contribution in [2.24, 2.45) is 0 Å². The summed E-state index contributed by atoms with van der Waals surface area (Å²) in [6.07, 6.45) is 2.04. The van der Waals surface area contributed by atoms with Gasteiger partial charge in [-0.3, -0.25) is 9.59 Å². The number of amides is 2. The molecule has 0 saturated heterocycles. The molecule has 0 atom stereocenters. The molecule has 3 aromatic rings. The highest BCUT2D eigenvalue weighted by atomic mass is 16.5. The van der Waals surface area contributed by atoms with E-state index in [1.807, 2.05) is 80.4 Å². The van der Waals surface area contributed by atoms with E-state index in [0.29, 0.717) is 25.3 Å². The first-order valence-corrected chi connectivity index (χ1v) is 11.7. The molecule has 6 nitrogen and oxygen atoms in total. The van der Waals surface area contributed by atoms with Crippen LogP contribution in [-0.4, -0.2) is 59.0 Å². The van der Waals surface area contributed by atoms with Crippen molar-refractivity contribution in [2.75, 3.05) is 26.8 Å². The molecule has 0 unspecified atom stereocenters. The molecule has 0 aliphatic rings. The molecule has 6 heteroatoms. The highest BCUT2D eigenvalue weighted by molar-refractivity contribution is 5.96. The largest absolute Gasteiger partial charge is 0.383 e. The van der Waals surface area contributed by atoms with E-state index in [-0.39, 0.29) is 24.4 Å². The molecule has 0 spiro atoms. The monoisotopic (exact) mass is 461 g/mol. The summed E-state index contributed by atoms with van der Waals surface area (Å²) < 4.78 is 7.37. The normalized spacial score (nSPS) is 11.0. The van der Waals surface area contributed by atoms with Gasteiger partial charge in [0.05, 0.1) is 13.2 Å². The summed E-state index contributed by atoms with van der Waals surface area (Å²) in [6, 6.07) is 21.8. The van der Waals surface area contributed by atoms with Crippen molar-refractivity contribution in [1.29, 1.82) is 0 Å². The standard InChI is InChI=1S/C28H35N3O3/c1-22(2)31(20-26-14-9-15-29(26)19-24-11-6-5-7-12-24)27(32)21-30(16-17-34-4)28(33)25-13-8-10-23(3)18-25/h5-15,18,22H,16-17,19-21H2,1-4H3. The van der Waals surface area contributed by atoms with Crippen LogP contribution in [0.15, 0.2) is 72.9 Å². The number of ether oxygens (including phenoxy) is 1. The van der Waals surface area contributed by atoms with Crippen molar-refractivity contribution in [3.05, 3.63) is 95.3 Å². The van der Waals surface area contributed by atoms with Gasteiger partial charge < -0.3 is 19.1 Å². The smallest absolute Gasteiger partial charge is 0.254 e. The van der Waals surface area contributed by atoms with Crippen LogP contribution in [0.25, 0.3) is 0 Å². The molecule has 2 amide bonds. The van der Waals surface area contributed by atoms with E-state index in [2.05, 4.69) is 16.7 Å². The molecule has 34 heavy (non-hydrogen) atoms. The van der Waals surface area contributed by atoms with Crippen molar-refractivity contribution in [1.82, 2.24) is 14.4 Å². The molecule has 0 fully saturated rings. The summed E-state index contributed by atoms with van der Waals surface area (Å²) in [5.41, 5.74) is 3.85. The number of aryl methyl sites for hydroxylation is 1. The van der Waals surface area contributed by atoms with Crippen LogP contribution in [0.2, 0.25) is 0 Å². The molecule has 1 aromatic heterocycles. The lowest BCUT2D eigenvalue weighted by atomic mass is 10.1. The van der Waals surface area contributed by atoms with Crippen molar-refractivity contribution >= 4 is 11.8 Å². The Kier molecular flexibility index (Phi) is 9.05. The minimum Gasteiger partial charge on any atom is -0.383 e. The van der Waals surface area contributed by atoms with Gasteiger partial charge in [-0.1, -0.05) is 48.0 Å². The van der Waals surface area contributed by atoms with E-state index in [1.165, 1.54) is 5.56 Å². The number of hydrogen-bond donors (Lipinski definition) is 0. The average Bonchev–Trinajstić information content (AvgIpc) is 3.26. The van der Waals surface area contributed by atoms with E-state index < -0.39 is 0 Å². The number of rotatable bonds is 11. The van der Waals surface area contributed by atoms with Gasteiger partial charge in [0.1, 0.15) is 6.54 Å². The lowest BCUT2D eigenvalue weighted by Gasteiger charge is -2.31. The Morgan fingerprint density at radius 1 is 1.00 bits per heavy atom. The van der Waals surface area contributed by atoms with Crippen LogP contribution < -0.4 is 0 Å². The zero-order valence-electron chi connectivity index (χ0n) is 20.6. The van der Waals surface area contributed by atoms with Crippen molar-refractivity contribution in [3.63, 3.8) is 0 Å². The summed E-state index contributed by atoms with van der Waals surface area (Å²) in [4.78, 5) is 30.1. The van der Waals surface area contributed by atoms with Crippen LogP contribution in [0.4, 0.5) is 0 Å². The van der Waals surface area contributed by atoms with E-state index >= 15 is 0 Å². The number of nitrogens with zero attached hydrogens (tertiary/aromatic N) is 3. The molecule has 0 aliphatic heterocycles. The van der Waals surface area contributed by atoms with Crippen LogP contribution in [0, 0.1) is 6.92 Å². The maximum absolute atomic E-state index is 13.4. The van der Waals surface area contributed by atoms with Gasteiger partial charge in [-0.05, 0) is 50.6 Å². The Labute approximate surface area is 202 Å². The van der Waals surface area contributed by atoms with Crippen LogP contribution in [0.5, 0.6) is 0 Å². The molecular weight excluding hydrogens is 426 g/mol. The number of hydrogen-bond acceptors (Lipinski definition) is 3. The average molecular weight is 462 g/mol. The summed E-state index contributed by atoms with van der Waals surface area (Å²) in [7, 11) is 1.60. The minimum atomic E-state index is -0.162. The highest BCUT2D eigenvalue weighted by Gasteiger charge is 2.24. The van der Waals surface area contributed by atoms with Crippen molar-refractivity contribution in [2.45, 2.75) is 39.9 Å². The van der Waals surface area contributed by atoms with Gasteiger partial charge in [0.2, 0.25) is 5.91 Å². The van der Waals surface area contributed by atoms with Gasteiger partial charge in [0.15, 0.2) is 0 Å². The number of carbonyl (C=O) groups excluding carboxylic acids is 2. The molecule has 1 heterocycles. The van der Waals surface area contributed by atoms with Gasteiger partial charge in [-0.15, -0.1) is 0 Å². The van der Waals surface area contributed by atoms with Crippen LogP contribution in [0.3, 0.4) is 0 Å². The van der Waals surface area contributed by atoms with E-state index in [1.54, 1.807) is 18.1 Å². The zero-order valence-corrected chi connectivity index (χ0v) is 20.6. The highest BCUT2D eigenvalue weighted by Crippen LogP contribution is 2.14. The quantitative estimate of drug-likeness (QED) is 0.426. The number of benzene rings is 2.